The largest absolute Gasteiger partial charge is 0.457 e. The monoisotopic (exact) mass is 270 g/mol. The molecule has 7 heteroatoms. The van der Waals surface area contributed by atoms with Crippen LogP contribution in [0, 0.1) is 0 Å². The maximum atomic E-state index is 11.7. The average Bonchev–Trinajstić information content (AvgIpc) is 2.76. The Morgan fingerprint density at radius 1 is 1.67 bits per heavy atom. The zero-order chi connectivity index (χ0) is 10.8. The van der Waals surface area contributed by atoms with Gasteiger partial charge in [0, 0.05) is 7.05 Å². The molecule has 1 N–H and O–H groups in total. The fourth-order valence-corrected chi connectivity index (χ4v) is 1.45. The Hall–Kier alpha value is -1.63. The first-order valence-corrected chi connectivity index (χ1v) is 4.86. The van der Waals surface area contributed by atoms with Crippen molar-refractivity contribution in [2.45, 2.75) is 0 Å². The topological polar surface area (TPSA) is 73.0 Å². The van der Waals surface area contributed by atoms with E-state index in [1.54, 1.807) is 13.1 Å². The normalized spacial score (nSPS) is 10.3. The van der Waals surface area contributed by atoms with Crippen LogP contribution in [0.2, 0.25) is 0 Å². The number of carbonyl (C=O) groups excluding carboxylic acids is 1. The molecule has 2 aromatic heterocycles. The molecule has 2 aromatic rings. The van der Waals surface area contributed by atoms with Crippen molar-refractivity contribution in [2.24, 2.45) is 7.05 Å². The van der Waals surface area contributed by atoms with E-state index < -0.39 is 0 Å². The smallest absolute Gasteiger partial charge is 0.262 e. The van der Waals surface area contributed by atoms with Crippen LogP contribution in [-0.4, -0.2) is 20.7 Å². The Morgan fingerprint density at radius 2 is 2.47 bits per heavy atom. The minimum absolute atomic E-state index is 0.299. The molecule has 78 valence electrons. The van der Waals surface area contributed by atoms with E-state index in [9.17, 15) is 4.79 Å². The predicted molar refractivity (Wildman–Crippen MR) is 55.4 cm³/mol. The lowest BCUT2D eigenvalue weighted by atomic mass is 10.3. The highest BCUT2D eigenvalue weighted by Crippen LogP contribution is 2.18. The summed E-state index contributed by atoms with van der Waals surface area (Å²) in [6.45, 7) is 0. The summed E-state index contributed by atoms with van der Waals surface area (Å²) < 4.78 is 6.80. The molecule has 2 rings (SSSR count). The van der Waals surface area contributed by atoms with Crippen LogP contribution in [-0.2, 0) is 7.05 Å². The van der Waals surface area contributed by atoms with Crippen molar-refractivity contribution in [1.82, 2.24) is 14.8 Å². The van der Waals surface area contributed by atoms with Crippen molar-refractivity contribution in [2.75, 3.05) is 5.32 Å². The second-order valence-corrected chi connectivity index (χ2v) is 3.49. The Kier molecular flexibility index (Phi) is 2.55. The molecule has 2 heterocycles. The van der Waals surface area contributed by atoms with E-state index in [1.807, 2.05) is 0 Å². The van der Waals surface area contributed by atoms with Crippen LogP contribution in [0.5, 0.6) is 0 Å². The second kappa shape index (κ2) is 3.85. The zero-order valence-corrected chi connectivity index (χ0v) is 9.35. The van der Waals surface area contributed by atoms with Crippen LogP contribution in [0.1, 0.15) is 10.4 Å². The average molecular weight is 271 g/mol. The molecule has 0 fully saturated rings. The fraction of sp³-hybridized carbons (Fsp3) is 0.125. The van der Waals surface area contributed by atoms with Gasteiger partial charge in [0.05, 0.1) is 11.8 Å². The molecule has 0 radical (unpaired) electrons. The van der Waals surface area contributed by atoms with Gasteiger partial charge in [-0.2, -0.15) is 10.1 Å². The van der Waals surface area contributed by atoms with E-state index in [-0.39, 0.29) is 5.91 Å². The molecular weight excluding hydrogens is 264 g/mol. The molecule has 0 saturated carbocycles. The van der Waals surface area contributed by atoms with Gasteiger partial charge in [-0.05, 0) is 22.0 Å². The van der Waals surface area contributed by atoms with Crippen LogP contribution in [0.3, 0.4) is 0 Å². The molecule has 0 aromatic carbocycles. The maximum Gasteiger partial charge on any atom is 0.262 e. The fourth-order valence-electron chi connectivity index (χ4n) is 1.03. The number of aromatic nitrogens is 3. The first-order valence-electron chi connectivity index (χ1n) is 4.07. The first-order chi connectivity index (χ1) is 7.18. The van der Waals surface area contributed by atoms with Gasteiger partial charge in [-0.1, -0.05) is 0 Å². The Bertz CT molecular complexity index is 490. The summed E-state index contributed by atoms with van der Waals surface area (Å²) in [5.74, 6) is 0.0832. The lowest BCUT2D eigenvalue weighted by molar-refractivity contribution is 0.102. The summed E-state index contributed by atoms with van der Waals surface area (Å²) in [5.41, 5.74) is 0.415. The van der Waals surface area contributed by atoms with E-state index in [4.69, 9.17) is 4.42 Å². The highest BCUT2D eigenvalue weighted by Gasteiger charge is 2.14. The number of amides is 1. The van der Waals surface area contributed by atoms with Crippen molar-refractivity contribution < 1.29 is 9.21 Å². The molecule has 0 aliphatic carbocycles. The summed E-state index contributed by atoms with van der Waals surface area (Å²) >= 11 is 3.12. The molecule has 0 spiro atoms. The predicted octanol–water partition coefficient (Wildman–Crippen LogP) is 1.42. The maximum absolute atomic E-state index is 11.7. The van der Waals surface area contributed by atoms with Crippen molar-refractivity contribution in [1.29, 1.82) is 0 Å². The number of carbonyl (C=O) groups is 1. The molecular formula is C8H7BrN4O2. The molecule has 1 amide bonds. The minimum Gasteiger partial charge on any atom is -0.457 e. The highest BCUT2D eigenvalue weighted by molar-refractivity contribution is 9.10. The zero-order valence-electron chi connectivity index (χ0n) is 7.77. The first kappa shape index (κ1) is 9.91. The van der Waals surface area contributed by atoms with Gasteiger partial charge in [-0.3, -0.25) is 10.1 Å². The van der Waals surface area contributed by atoms with Gasteiger partial charge in [0.25, 0.3) is 5.91 Å². The van der Waals surface area contributed by atoms with E-state index in [2.05, 4.69) is 31.3 Å². The molecule has 0 unspecified atom stereocenters. The molecule has 0 bridgehead atoms. The molecule has 0 atom stereocenters. The minimum atomic E-state index is -0.299. The molecule has 0 saturated heterocycles. The number of halogens is 1. The van der Waals surface area contributed by atoms with Crippen molar-refractivity contribution in [3.8, 4) is 0 Å². The number of nitrogens with zero attached hydrogens (tertiary/aromatic N) is 3. The van der Waals surface area contributed by atoms with Crippen molar-refractivity contribution >= 4 is 27.8 Å². The van der Waals surface area contributed by atoms with Crippen LogP contribution in [0.15, 0.2) is 27.7 Å². The Labute approximate surface area is 93.4 Å². The summed E-state index contributed by atoms with van der Waals surface area (Å²) in [6.07, 6.45) is 2.79. The van der Waals surface area contributed by atoms with Gasteiger partial charge in [0.1, 0.15) is 6.33 Å². The number of hydrogen-bond donors (Lipinski definition) is 1. The third-order valence-corrected chi connectivity index (χ3v) is 2.41. The van der Waals surface area contributed by atoms with Gasteiger partial charge in [0.2, 0.25) is 5.95 Å². The van der Waals surface area contributed by atoms with Crippen LogP contribution in [0.25, 0.3) is 0 Å². The quantitative estimate of drug-likeness (QED) is 0.896. The SMILES string of the molecule is Cn1ncnc1NC(=O)c1ccoc1Br. The molecule has 15 heavy (non-hydrogen) atoms. The van der Waals surface area contributed by atoms with Crippen molar-refractivity contribution in [3.63, 3.8) is 0 Å². The van der Waals surface area contributed by atoms with Gasteiger partial charge in [-0.25, -0.2) is 4.68 Å². The van der Waals surface area contributed by atoms with Crippen LogP contribution in [0.4, 0.5) is 5.95 Å². The van der Waals surface area contributed by atoms with Gasteiger partial charge < -0.3 is 4.42 Å². The second-order valence-electron chi connectivity index (χ2n) is 2.77. The number of hydrogen-bond acceptors (Lipinski definition) is 4. The third-order valence-electron chi connectivity index (χ3n) is 1.80. The lowest BCUT2D eigenvalue weighted by Crippen LogP contribution is -2.15. The number of rotatable bonds is 2. The van der Waals surface area contributed by atoms with E-state index >= 15 is 0 Å². The lowest BCUT2D eigenvalue weighted by Gasteiger charge is -2.01. The summed E-state index contributed by atoms with van der Waals surface area (Å²) in [6, 6.07) is 1.57. The molecule has 0 aliphatic heterocycles. The standard InChI is InChI=1S/C8H7BrN4O2/c1-13-8(10-4-11-13)12-7(14)5-2-3-15-6(5)9/h2-4H,1H3,(H,10,11,12,14). The highest BCUT2D eigenvalue weighted by atomic mass is 79.9. The third kappa shape index (κ3) is 1.91. The van der Waals surface area contributed by atoms with Gasteiger partial charge in [-0.15, -0.1) is 0 Å². The van der Waals surface area contributed by atoms with E-state index in [0.717, 1.165) is 0 Å². The summed E-state index contributed by atoms with van der Waals surface area (Å²) in [5, 5.41) is 6.42. The molecule has 6 nitrogen and oxygen atoms in total. The van der Waals surface area contributed by atoms with Gasteiger partial charge in [0.15, 0.2) is 4.67 Å². The van der Waals surface area contributed by atoms with Gasteiger partial charge >= 0.3 is 0 Å². The van der Waals surface area contributed by atoms with Crippen LogP contribution < -0.4 is 5.32 Å². The van der Waals surface area contributed by atoms with Crippen LogP contribution >= 0.6 is 15.9 Å². The van der Waals surface area contributed by atoms with E-state index in [1.165, 1.54) is 17.3 Å². The van der Waals surface area contributed by atoms with E-state index in [0.29, 0.717) is 16.2 Å². The molecule has 0 aliphatic rings. The van der Waals surface area contributed by atoms with Crippen molar-refractivity contribution in [3.05, 3.63) is 28.9 Å². The number of anilines is 1. The number of nitrogens with one attached hydrogen (secondary N) is 1. The number of aryl methyl sites for hydroxylation is 1. The Balaban J connectivity index is 2.18. The summed E-state index contributed by atoms with van der Waals surface area (Å²) in [7, 11) is 1.69. The summed E-state index contributed by atoms with van der Waals surface area (Å²) in [4.78, 5) is 15.5. The number of furan rings is 1. The Morgan fingerprint density at radius 3 is 3.00 bits per heavy atom.